The van der Waals surface area contributed by atoms with Gasteiger partial charge in [-0.25, -0.2) is 9.97 Å². The zero-order valence-corrected chi connectivity index (χ0v) is 11.1. The number of hydrogen-bond donors (Lipinski definition) is 0. The van der Waals surface area contributed by atoms with Gasteiger partial charge in [0.05, 0.1) is 12.5 Å². The maximum atomic E-state index is 9.00. The second kappa shape index (κ2) is 6.31. The summed E-state index contributed by atoms with van der Waals surface area (Å²) >= 11 is 0. The van der Waals surface area contributed by atoms with E-state index < -0.39 is 0 Å². The van der Waals surface area contributed by atoms with Gasteiger partial charge >= 0.3 is 0 Å². The number of aromatic nitrogens is 2. The normalized spacial score (nSPS) is 9.55. The number of benzene rings is 1. The number of aryl methyl sites for hydroxylation is 1. The van der Waals surface area contributed by atoms with E-state index in [1.807, 2.05) is 48.2 Å². The Kier molecular flexibility index (Phi) is 4.26. The van der Waals surface area contributed by atoms with E-state index in [0.717, 1.165) is 11.4 Å². The van der Waals surface area contributed by atoms with E-state index in [1.54, 1.807) is 6.07 Å². The number of anilines is 2. The van der Waals surface area contributed by atoms with Gasteiger partial charge in [0.25, 0.3) is 0 Å². The summed E-state index contributed by atoms with van der Waals surface area (Å²) in [7, 11) is 0. The third-order valence-corrected chi connectivity index (χ3v) is 2.71. The third-order valence-electron chi connectivity index (χ3n) is 2.71. The Morgan fingerprint density at radius 2 is 1.90 bits per heavy atom. The van der Waals surface area contributed by atoms with Crippen LogP contribution in [0.15, 0.2) is 36.4 Å². The highest BCUT2D eigenvalue weighted by Gasteiger charge is 2.13. The molecule has 2 rings (SSSR count). The fraction of sp³-hybridized carbons (Fsp3) is 0.200. The Morgan fingerprint density at radius 1 is 1.15 bits per heavy atom. The summed E-state index contributed by atoms with van der Waals surface area (Å²) in [5.74, 6) is 0.447. The first-order chi connectivity index (χ1) is 9.74. The molecule has 0 amide bonds. The van der Waals surface area contributed by atoms with Gasteiger partial charge in [0.15, 0.2) is 0 Å². The predicted molar refractivity (Wildman–Crippen MR) is 75.2 cm³/mol. The van der Waals surface area contributed by atoms with E-state index in [0.29, 0.717) is 24.6 Å². The molecule has 1 heterocycles. The van der Waals surface area contributed by atoms with Crippen molar-refractivity contribution in [3.8, 4) is 12.1 Å². The molecule has 1 aromatic heterocycles. The molecule has 5 heteroatoms. The van der Waals surface area contributed by atoms with Crippen molar-refractivity contribution in [2.75, 3.05) is 11.4 Å². The molecule has 0 radical (unpaired) electrons. The molecule has 98 valence electrons. The zero-order valence-electron chi connectivity index (χ0n) is 11.1. The van der Waals surface area contributed by atoms with Crippen molar-refractivity contribution in [2.24, 2.45) is 0 Å². The minimum absolute atomic E-state index is 0.324. The van der Waals surface area contributed by atoms with Crippen LogP contribution < -0.4 is 4.90 Å². The van der Waals surface area contributed by atoms with Gasteiger partial charge in [-0.15, -0.1) is 0 Å². The Hall–Kier alpha value is -2.92. The van der Waals surface area contributed by atoms with Crippen molar-refractivity contribution in [3.63, 3.8) is 0 Å². The molecule has 1 aromatic carbocycles. The SMILES string of the molecule is Cc1cc(C#N)nc(N(CCC#N)c2ccccc2)n1. The van der Waals surface area contributed by atoms with Gasteiger partial charge in [0, 0.05) is 17.9 Å². The van der Waals surface area contributed by atoms with Crippen LogP contribution in [0.1, 0.15) is 17.8 Å². The van der Waals surface area contributed by atoms with Gasteiger partial charge in [0.1, 0.15) is 11.8 Å². The van der Waals surface area contributed by atoms with Crippen LogP contribution in [-0.4, -0.2) is 16.5 Å². The van der Waals surface area contributed by atoms with Crippen LogP contribution in [-0.2, 0) is 0 Å². The van der Waals surface area contributed by atoms with Crippen molar-refractivity contribution in [1.29, 1.82) is 10.5 Å². The molecule has 0 bridgehead atoms. The average molecular weight is 263 g/mol. The minimum Gasteiger partial charge on any atom is -0.309 e. The lowest BCUT2D eigenvalue weighted by atomic mass is 10.2. The molecule has 0 unspecified atom stereocenters. The first-order valence-corrected chi connectivity index (χ1v) is 6.20. The molecule has 0 spiro atoms. The predicted octanol–water partition coefficient (Wildman–Crippen LogP) is 2.71. The maximum absolute atomic E-state index is 9.00. The van der Waals surface area contributed by atoms with E-state index in [-0.39, 0.29) is 0 Å². The average Bonchev–Trinajstić information content (AvgIpc) is 2.48. The van der Waals surface area contributed by atoms with Gasteiger partial charge in [0.2, 0.25) is 5.95 Å². The number of para-hydroxylation sites is 1. The van der Waals surface area contributed by atoms with Crippen molar-refractivity contribution >= 4 is 11.6 Å². The van der Waals surface area contributed by atoms with Crippen molar-refractivity contribution < 1.29 is 0 Å². The molecule has 20 heavy (non-hydrogen) atoms. The molecule has 0 saturated heterocycles. The lowest BCUT2D eigenvalue weighted by Crippen LogP contribution is -2.21. The van der Waals surface area contributed by atoms with Gasteiger partial charge in [-0.05, 0) is 25.1 Å². The Morgan fingerprint density at radius 3 is 2.55 bits per heavy atom. The van der Waals surface area contributed by atoms with Crippen molar-refractivity contribution in [1.82, 2.24) is 9.97 Å². The topological polar surface area (TPSA) is 76.6 Å². The molecular weight excluding hydrogens is 250 g/mol. The Balaban J connectivity index is 2.44. The van der Waals surface area contributed by atoms with Crippen LogP contribution >= 0.6 is 0 Å². The largest absolute Gasteiger partial charge is 0.309 e. The van der Waals surface area contributed by atoms with Gasteiger partial charge in [-0.2, -0.15) is 10.5 Å². The molecule has 0 aliphatic carbocycles. The summed E-state index contributed by atoms with van der Waals surface area (Å²) < 4.78 is 0. The van der Waals surface area contributed by atoms with Crippen LogP contribution in [0.3, 0.4) is 0 Å². The van der Waals surface area contributed by atoms with Crippen LogP contribution in [0.25, 0.3) is 0 Å². The number of nitrogens with zero attached hydrogens (tertiary/aromatic N) is 5. The maximum Gasteiger partial charge on any atom is 0.231 e. The molecule has 0 N–H and O–H groups in total. The quantitative estimate of drug-likeness (QED) is 0.847. The second-order valence-corrected chi connectivity index (χ2v) is 4.20. The van der Waals surface area contributed by atoms with Crippen LogP contribution in [0.5, 0.6) is 0 Å². The first-order valence-electron chi connectivity index (χ1n) is 6.20. The van der Waals surface area contributed by atoms with Crippen LogP contribution in [0, 0.1) is 29.6 Å². The van der Waals surface area contributed by atoms with E-state index in [9.17, 15) is 0 Å². The lowest BCUT2D eigenvalue weighted by Gasteiger charge is -2.21. The van der Waals surface area contributed by atoms with Crippen LogP contribution in [0.2, 0.25) is 0 Å². The Bertz CT molecular complexity index is 667. The van der Waals surface area contributed by atoms with Crippen LogP contribution in [0.4, 0.5) is 11.6 Å². The summed E-state index contributed by atoms with van der Waals surface area (Å²) in [6.45, 7) is 2.30. The summed E-state index contributed by atoms with van der Waals surface area (Å²) in [4.78, 5) is 10.4. The minimum atomic E-state index is 0.324. The summed E-state index contributed by atoms with van der Waals surface area (Å²) in [5.41, 5.74) is 1.95. The van der Waals surface area contributed by atoms with Crippen molar-refractivity contribution in [3.05, 3.63) is 47.8 Å². The molecule has 0 aliphatic rings. The number of hydrogen-bond acceptors (Lipinski definition) is 5. The van der Waals surface area contributed by atoms with E-state index in [1.165, 1.54) is 0 Å². The first kappa shape index (κ1) is 13.5. The third kappa shape index (κ3) is 3.09. The van der Waals surface area contributed by atoms with E-state index in [4.69, 9.17) is 10.5 Å². The number of rotatable bonds is 4. The molecular formula is C15H13N5. The summed E-state index contributed by atoms with van der Waals surface area (Å²) in [5, 5.41) is 17.8. The Labute approximate surface area is 117 Å². The smallest absolute Gasteiger partial charge is 0.231 e. The standard InChI is InChI=1S/C15H13N5/c1-12-10-13(11-17)19-15(18-12)20(9-5-8-16)14-6-3-2-4-7-14/h2-4,6-7,10H,5,9H2,1H3. The van der Waals surface area contributed by atoms with Crippen molar-refractivity contribution in [2.45, 2.75) is 13.3 Å². The highest BCUT2D eigenvalue weighted by Crippen LogP contribution is 2.22. The van der Waals surface area contributed by atoms with E-state index >= 15 is 0 Å². The fourth-order valence-corrected chi connectivity index (χ4v) is 1.85. The van der Waals surface area contributed by atoms with Gasteiger partial charge < -0.3 is 4.90 Å². The summed E-state index contributed by atoms with van der Waals surface area (Å²) in [6.07, 6.45) is 0.355. The highest BCUT2D eigenvalue weighted by molar-refractivity contribution is 5.57. The van der Waals surface area contributed by atoms with Gasteiger partial charge in [-0.3, -0.25) is 0 Å². The molecule has 0 fully saturated rings. The molecule has 5 nitrogen and oxygen atoms in total. The van der Waals surface area contributed by atoms with Gasteiger partial charge in [-0.1, -0.05) is 18.2 Å². The lowest BCUT2D eigenvalue weighted by molar-refractivity contribution is 0.887. The molecule has 0 saturated carbocycles. The fourth-order valence-electron chi connectivity index (χ4n) is 1.85. The monoisotopic (exact) mass is 263 g/mol. The summed E-state index contributed by atoms with van der Waals surface area (Å²) in [6, 6.07) is 15.4. The molecule has 2 aromatic rings. The number of nitriles is 2. The molecule has 0 aliphatic heterocycles. The zero-order chi connectivity index (χ0) is 14.4. The highest BCUT2D eigenvalue weighted by atomic mass is 15.3. The van der Waals surface area contributed by atoms with E-state index in [2.05, 4.69) is 16.0 Å². The second-order valence-electron chi connectivity index (χ2n) is 4.20. The molecule has 0 atom stereocenters.